The Morgan fingerprint density at radius 3 is 2.37 bits per heavy atom. The predicted molar refractivity (Wildman–Crippen MR) is 96.0 cm³/mol. The second kappa shape index (κ2) is 7.83. The fraction of sp³-hybridized carbons (Fsp3) is 0.235. The SMILES string of the molecule is Cc1ccc(NC(=O)[C@H](C)Nc2ccc(C(F)(F)F)cc2[N+](=O)[O-])c(Cl)c1. The summed E-state index contributed by atoms with van der Waals surface area (Å²) in [4.78, 5) is 22.4. The number of hydrogen-bond donors (Lipinski definition) is 2. The maximum atomic E-state index is 12.7. The van der Waals surface area contributed by atoms with Gasteiger partial charge >= 0.3 is 6.18 Å². The lowest BCUT2D eigenvalue weighted by Gasteiger charge is -2.17. The number of nitrogens with zero attached hydrogens (tertiary/aromatic N) is 1. The van der Waals surface area contributed by atoms with Crippen LogP contribution >= 0.6 is 11.6 Å². The van der Waals surface area contributed by atoms with Crippen LogP contribution in [-0.4, -0.2) is 16.9 Å². The molecule has 10 heteroatoms. The van der Waals surface area contributed by atoms with Gasteiger partial charge in [-0.1, -0.05) is 17.7 Å². The van der Waals surface area contributed by atoms with E-state index < -0.39 is 34.3 Å². The van der Waals surface area contributed by atoms with E-state index >= 15 is 0 Å². The van der Waals surface area contributed by atoms with Gasteiger partial charge < -0.3 is 10.6 Å². The number of carbonyl (C=O) groups excluding carboxylic acids is 1. The molecule has 1 amide bonds. The van der Waals surface area contributed by atoms with Crippen molar-refractivity contribution in [2.24, 2.45) is 0 Å². The Morgan fingerprint density at radius 1 is 1.19 bits per heavy atom. The third-order valence-corrected chi connectivity index (χ3v) is 3.98. The maximum absolute atomic E-state index is 12.7. The van der Waals surface area contributed by atoms with Crippen molar-refractivity contribution < 1.29 is 22.9 Å². The van der Waals surface area contributed by atoms with Crippen LogP contribution in [0.5, 0.6) is 0 Å². The molecule has 0 aliphatic rings. The van der Waals surface area contributed by atoms with Crippen molar-refractivity contribution in [3.63, 3.8) is 0 Å². The van der Waals surface area contributed by atoms with Crippen LogP contribution in [0.15, 0.2) is 36.4 Å². The second-order valence-corrected chi connectivity index (χ2v) is 6.23. The van der Waals surface area contributed by atoms with E-state index in [-0.39, 0.29) is 5.69 Å². The lowest BCUT2D eigenvalue weighted by atomic mass is 10.1. The summed E-state index contributed by atoms with van der Waals surface area (Å²) < 4.78 is 38.2. The molecule has 2 aromatic carbocycles. The van der Waals surface area contributed by atoms with Crippen LogP contribution in [0.2, 0.25) is 5.02 Å². The lowest BCUT2D eigenvalue weighted by molar-refractivity contribution is -0.384. The van der Waals surface area contributed by atoms with Gasteiger partial charge in [-0.25, -0.2) is 0 Å². The van der Waals surface area contributed by atoms with Crippen LogP contribution in [0.25, 0.3) is 0 Å². The number of hydrogen-bond acceptors (Lipinski definition) is 4. The molecule has 0 saturated heterocycles. The van der Waals surface area contributed by atoms with E-state index in [4.69, 9.17) is 11.6 Å². The van der Waals surface area contributed by atoms with E-state index in [2.05, 4.69) is 10.6 Å². The first-order valence-corrected chi connectivity index (χ1v) is 8.06. The van der Waals surface area contributed by atoms with Gasteiger partial charge in [-0.15, -0.1) is 0 Å². The van der Waals surface area contributed by atoms with Crippen molar-refractivity contribution in [1.82, 2.24) is 0 Å². The molecule has 0 spiro atoms. The van der Waals surface area contributed by atoms with Crippen molar-refractivity contribution in [2.45, 2.75) is 26.1 Å². The number of aryl methyl sites for hydroxylation is 1. The van der Waals surface area contributed by atoms with Crippen LogP contribution in [-0.2, 0) is 11.0 Å². The van der Waals surface area contributed by atoms with Crippen LogP contribution in [0, 0.1) is 17.0 Å². The van der Waals surface area contributed by atoms with Crippen molar-refractivity contribution >= 4 is 34.6 Å². The molecule has 0 aliphatic heterocycles. The van der Waals surface area contributed by atoms with Crippen LogP contribution in [0.1, 0.15) is 18.1 Å². The van der Waals surface area contributed by atoms with Gasteiger partial charge in [0.25, 0.3) is 5.69 Å². The largest absolute Gasteiger partial charge is 0.416 e. The van der Waals surface area contributed by atoms with Gasteiger partial charge in [0.1, 0.15) is 11.7 Å². The van der Waals surface area contributed by atoms with Crippen molar-refractivity contribution in [2.75, 3.05) is 10.6 Å². The number of benzene rings is 2. The smallest absolute Gasteiger partial charge is 0.368 e. The Hall–Kier alpha value is -2.81. The van der Waals surface area contributed by atoms with Gasteiger partial charge in [0, 0.05) is 6.07 Å². The average molecular weight is 402 g/mol. The fourth-order valence-electron chi connectivity index (χ4n) is 2.24. The molecule has 2 N–H and O–H groups in total. The molecule has 6 nitrogen and oxygen atoms in total. The number of rotatable bonds is 5. The Morgan fingerprint density at radius 2 is 1.81 bits per heavy atom. The number of alkyl halides is 3. The Balaban J connectivity index is 2.20. The molecule has 0 aromatic heterocycles. The third kappa shape index (κ3) is 5.10. The highest BCUT2D eigenvalue weighted by molar-refractivity contribution is 6.33. The van der Waals surface area contributed by atoms with Gasteiger partial charge in [-0.2, -0.15) is 13.2 Å². The predicted octanol–water partition coefficient (Wildman–Crippen LogP) is 5.01. The molecule has 2 aromatic rings. The number of carbonyl (C=O) groups is 1. The molecule has 0 heterocycles. The summed E-state index contributed by atoms with van der Waals surface area (Å²) >= 11 is 6.03. The molecule has 0 bridgehead atoms. The Labute approximate surface area is 157 Å². The number of amides is 1. The minimum absolute atomic E-state index is 0.203. The zero-order valence-corrected chi connectivity index (χ0v) is 15.0. The topological polar surface area (TPSA) is 84.3 Å². The van der Waals surface area contributed by atoms with Crippen molar-refractivity contribution in [1.29, 1.82) is 0 Å². The Bertz CT molecular complexity index is 887. The number of halogens is 4. The van der Waals surface area contributed by atoms with Gasteiger partial charge in [0.15, 0.2) is 0 Å². The molecule has 0 unspecified atom stereocenters. The summed E-state index contributed by atoms with van der Waals surface area (Å²) in [5, 5.41) is 16.5. The average Bonchev–Trinajstić information content (AvgIpc) is 2.56. The summed E-state index contributed by atoms with van der Waals surface area (Å²) in [6.07, 6.45) is -4.71. The minimum Gasteiger partial charge on any atom is -0.368 e. The minimum atomic E-state index is -4.71. The summed E-state index contributed by atoms with van der Waals surface area (Å²) in [6, 6.07) is 6.06. The monoisotopic (exact) mass is 401 g/mol. The molecular formula is C17H15ClF3N3O3. The number of nitrogens with one attached hydrogen (secondary N) is 2. The third-order valence-electron chi connectivity index (χ3n) is 3.67. The number of nitro groups is 1. The molecular weight excluding hydrogens is 387 g/mol. The first-order valence-electron chi connectivity index (χ1n) is 7.68. The molecule has 0 radical (unpaired) electrons. The lowest BCUT2D eigenvalue weighted by Crippen LogP contribution is -2.32. The molecule has 27 heavy (non-hydrogen) atoms. The van der Waals surface area contributed by atoms with Gasteiger partial charge in [0.2, 0.25) is 5.91 Å². The molecule has 0 aliphatic carbocycles. The van der Waals surface area contributed by atoms with E-state index in [0.717, 1.165) is 11.6 Å². The van der Waals surface area contributed by atoms with Crippen LogP contribution in [0.4, 0.5) is 30.2 Å². The quantitative estimate of drug-likeness (QED) is 0.544. The van der Waals surface area contributed by atoms with Crippen molar-refractivity contribution in [3.8, 4) is 0 Å². The van der Waals surface area contributed by atoms with E-state index in [1.165, 1.54) is 6.92 Å². The summed E-state index contributed by atoms with van der Waals surface area (Å²) in [5.41, 5.74) is -0.890. The summed E-state index contributed by atoms with van der Waals surface area (Å²) in [5.74, 6) is -0.560. The zero-order chi connectivity index (χ0) is 20.4. The number of anilines is 2. The molecule has 144 valence electrons. The van der Waals surface area contributed by atoms with E-state index in [1.54, 1.807) is 18.2 Å². The fourth-order valence-corrected chi connectivity index (χ4v) is 2.52. The van der Waals surface area contributed by atoms with Gasteiger partial charge in [-0.05, 0) is 43.7 Å². The summed E-state index contributed by atoms with van der Waals surface area (Å²) in [6.45, 7) is 3.24. The van der Waals surface area contributed by atoms with Crippen LogP contribution < -0.4 is 10.6 Å². The molecule has 1 atom stereocenters. The van der Waals surface area contributed by atoms with E-state index in [1.807, 2.05) is 6.92 Å². The molecule has 0 saturated carbocycles. The normalized spacial score (nSPS) is 12.4. The van der Waals surface area contributed by atoms with Gasteiger partial charge in [-0.3, -0.25) is 14.9 Å². The van der Waals surface area contributed by atoms with Gasteiger partial charge in [0.05, 0.1) is 21.2 Å². The Kier molecular flexibility index (Phi) is 5.94. The van der Waals surface area contributed by atoms with Crippen LogP contribution in [0.3, 0.4) is 0 Å². The zero-order valence-electron chi connectivity index (χ0n) is 14.2. The molecule has 0 fully saturated rings. The van der Waals surface area contributed by atoms with E-state index in [9.17, 15) is 28.1 Å². The maximum Gasteiger partial charge on any atom is 0.416 e. The highest BCUT2D eigenvalue weighted by atomic mass is 35.5. The highest BCUT2D eigenvalue weighted by Crippen LogP contribution is 2.35. The van der Waals surface area contributed by atoms with E-state index in [0.29, 0.717) is 22.8 Å². The first kappa shape index (κ1) is 20.5. The summed E-state index contributed by atoms with van der Waals surface area (Å²) in [7, 11) is 0. The number of nitro benzene ring substituents is 1. The highest BCUT2D eigenvalue weighted by Gasteiger charge is 2.33. The standard InChI is InChI=1S/C17H15ClF3N3O3/c1-9-3-5-13(12(18)7-9)23-16(25)10(2)22-14-6-4-11(17(19,20)21)8-15(14)24(26)27/h3-8,10,22H,1-2H3,(H,23,25)/t10-/m0/s1. The first-order chi connectivity index (χ1) is 12.5. The van der Waals surface area contributed by atoms with Crippen molar-refractivity contribution in [3.05, 3.63) is 62.7 Å². The second-order valence-electron chi connectivity index (χ2n) is 5.83. The molecule has 2 rings (SSSR count).